The van der Waals surface area contributed by atoms with Gasteiger partial charge < -0.3 is 5.32 Å². The van der Waals surface area contributed by atoms with E-state index in [0.29, 0.717) is 28.4 Å². The van der Waals surface area contributed by atoms with Gasteiger partial charge in [0, 0.05) is 18.1 Å². The Labute approximate surface area is 189 Å². The van der Waals surface area contributed by atoms with Crippen molar-refractivity contribution in [1.29, 1.82) is 0 Å². The van der Waals surface area contributed by atoms with Crippen LogP contribution < -0.4 is 16.6 Å². The molecule has 1 amide bonds. The Morgan fingerprint density at radius 1 is 1.09 bits per heavy atom. The molecule has 0 spiro atoms. The minimum absolute atomic E-state index is 0.200. The topological polar surface area (TPSA) is 90.4 Å². The second-order valence-electron chi connectivity index (χ2n) is 8.10. The molecule has 2 aromatic heterocycles. The smallest absolute Gasteiger partial charge is 0.350 e. The van der Waals surface area contributed by atoms with E-state index in [0.717, 1.165) is 16.7 Å². The standard InChI is InChI=1S/C23H24ClN5O3/c1-15(2)11-12-27-21(31)17-8-4-6-10-19(17)29-22(27)26-28(23(29)32)14-20(30)25-13-16-7-3-5-9-18(16)24/h3-10,15H,11-14H2,1-2H3,(H,25,30). The molecule has 2 heterocycles. The quantitative estimate of drug-likeness (QED) is 0.466. The van der Waals surface area contributed by atoms with E-state index in [4.69, 9.17) is 11.6 Å². The van der Waals surface area contributed by atoms with Crippen molar-refractivity contribution in [2.24, 2.45) is 5.92 Å². The highest BCUT2D eigenvalue weighted by Crippen LogP contribution is 2.14. The van der Waals surface area contributed by atoms with Crippen LogP contribution in [0, 0.1) is 5.92 Å². The number of amides is 1. The average molecular weight is 454 g/mol. The lowest BCUT2D eigenvalue weighted by molar-refractivity contribution is -0.122. The molecule has 9 heteroatoms. The Bertz CT molecular complexity index is 1420. The number of para-hydroxylation sites is 1. The van der Waals surface area contributed by atoms with Crippen LogP contribution in [0.5, 0.6) is 0 Å². The number of nitrogens with zero attached hydrogens (tertiary/aromatic N) is 4. The number of carbonyl (C=O) groups excluding carboxylic acids is 1. The maximum absolute atomic E-state index is 13.2. The van der Waals surface area contributed by atoms with Gasteiger partial charge in [-0.3, -0.25) is 14.2 Å². The van der Waals surface area contributed by atoms with Crippen LogP contribution in [0.3, 0.4) is 0 Å². The Balaban J connectivity index is 1.71. The number of aryl methyl sites for hydroxylation is 1. The maximum atomic E-state index is 13.2. The summed E-state index contributed by atoms with van der Waals surface area (Å²) in [5.74, 6) is 0.229. The highest BCUT2D eigenvalue weighted by atomic mass is 35.5. The molecule has 0 fully saturated rings. The van der Waals surface area contributed by atoms with E-state index in [1.807, 2.05) is 18.2 Å². The molecule has 0 atom stereocenters. The van der Waals surface area contributed by atoms with Crippen molar-refractivity contribution in [2.45, 2.75) is 39.9 Å². The molecule has 4 aromatic rings. The van der Waals surface area contributed by atoms with Crippen molar-refractivity contribution in [3.8, 4) is 0 Å². The van der Waals surface area contributed by atoms with Crippen molar-refractivity contribution in [1.82, 2.24) is 24.1 Å². The number of rotatable bonds is 7. The lowest BCUT2D eigenvalue weighted by atomic mass is 10.1. The minimum Gasteiger partial charge on any atom is -0.350 e. The van der Waals surface area contributed by atoms with Gasteiger partial charge in [-0.1, -0.05) is 55.8 Å². The molecule has 0 radical (unpaired) electrons. The van der Waals surface area contributed by atoms with E-state index < -0.39 is 5.69 Å². The zero-order chi connectivity index (χ0) is 22.8. The molecule has 0 aliphatic carbocycles. The fraction of sp³-hybridized carbons (Fsp3) is 0.304. The number of fused-ring (bicyclic) bond motifs is 3. The Morgan fingerprint density at radius 3 is 2.56 bits per heavy atom. The van der Waals surface area contributed by atoms with Gasteiger partial charge in [-0.05, 0) is 36.1 Å². The highest BCUT2D eigenvalue weighted by Gasteiger charge is 2.18. The molecular weight excluding hydrogens is 430 g/mol. The summed E-state index contributed by atoms with van der Waals surface area (Å²) in [6.45, 7) is 4.54. The lowest BCUT2D eigenvalue weighted by Gasteiger charge is -2.10. The number of hydrogen-bond acceptors (Lipinski definition) is 4. The van der Waals surface area contributed by atoms with Crippen molar-refractivity contribution in [3.05, 3.63) is 80.0 Å². The van der Waals surface area contributed by atoms with Crippen LogP contribution in [0.4, 0.5) is 0 Å². The van der Waals surface area contributed by atoms with Crippen molar-refractivity contribution < 1.29 is 4.79 Å². The third-order valence-corrected chi connectivity index (χ3v) is 5.71. The van der Waals surface area contributed by atoms with Crippen LogP contribution in [0.2, 0.25) is 5.02 Å². The molecule has 32 heavy (non-hydrogen) atoms. The maximum Gasteiger partial charge on any atom is 0.352 e. The van der Waals surface area contributed by atoms with Crippen LogP contribution >= 0.6 is 11.6 Å². The van der Waals surface area contributed by atoms with Crippen LogP contribution in [0.15, 0.2) is 58.1 Å². The first-order valence-corrected chi connectivity index (χ1v) is 10.9. The van der Waals surface area contributed by atoms with Gasteiger partial charge in [0.2, 0.25) is 11.7 Å². The van der Waals surface area contributed by atoms with Crippen molar-refractivity contribution in [3.63, 3.8) is 0 Å². The van der Waals surface area contributed by atoms with Gasteiger partial charge in [0.05, 0.1) is 10.9 Å². The summed E-state index contributed by atoms with van der Waals surface area (Å²) < 4.78 is 4.01. The molecule has 166 valence electrons. The molecule has 0 saturated carbocycles. The van der Waals surface area contributed by atoms with E-state index in [1.165, 1.54) is 8.97 Å². The predicted molar refractivity (Wildman–Crippen MR) is 124 cm³/mol. The SMILES string of the molecule is CC(C)CCn1c(=O)c2ccccc2n2c(=O)n(CC(=O)NCc3ccccc3Cl)nc12. The van der Waals surface area contributed by atoms with Crippen molar-refractivity contribution in [2.75, 3.05) is 0 Å². The van der Waals surface area contributed by atoms with Crippen LogP contribution in [-0.2, 0) is 24.4 Å². The van der Waals surface area contributed by atoms with Crippen LogP contribution in [0.1, 0.15) is 25.8 Å². The Hall–Kier alpha value is -3.39. The van der Waals surface area contributed by atoms with Gasteiger partial charge in [-0.15, -0.1) is 5.10 Å². The highest BCUT2D eigenvalue weighted by molar-refractivity contribution is 6.31. The first-order valence-electron chi connectivity index (χ1n) is 10.5. The number of carbonyl (C=O) groups is 1. The second kappa shape index (κ2) is 9.00. The van der Waals surface area contributed by atoms with Gasteiger partial charge in [0.15, 0.2) is 0 Å². The molecule has 8 nitrogen and oxygen atoms in total. The first-order chi connectivity index (χ1) is 15.4. The summed E-state index contributed by atoms with van der Waals surface area (Å²) in [7, 11) is 0. The lowest BCUT2D eigenvalue weighted by Crippen LogP contribution is -2.32. The molecule has 0 saturated heterocycles. The molecule has 0 aliphatic rings. The molecular formula is C23H24ClN5O3. The van der Waals surface area contributed by atoms with Crippen LogP contribution in [0.25, 0.3) is 16.7 Å². The molecule has 0 bridgehead atoms. The molecule has 0 aliphatic heterocycles. The zero-order valence-electron chi connectivity index (χ0n) is 17.9. The summed E-state index contributed by atoms with van der Waals surface area (Å²) in [6.07, 6.45) is 0.757. The third-order valence-electron chi connectivity index (χ3n) is 5.34. The van der Waals surface area contributed by atoms with Gasteiger partial charge >= 0.3 is 5.69 Å². The van der Waals surface area contributed by atoms with E-state index in [-0.39, 0.29) is 30.3 Å². The average Bonchev–Trinajstić information content (AvgIpc) is 3.09. The summed E-state index contributed by atoms with van der Waals surface area (Å²) in [5.41, 5.74) is 0.580. The van der Waals surface area contributed by atoms with Gasteiger partial charge in [-0.25, -0.2) is 13.9 Å². The van der Waals surface area contributed by atoms with Gasteiger partial charge in [0.1, 0.15) is 6.54 Å². The Kier molecular flexibility index (Phi) is 6.14. The Morgan fingerprint density at radius 2 is 1.81 bits per heavy atom. The largest absolute Gasteiger partial charge is 0.352 e. The van der Waals surface area contributed by atoms with Crippen LogP contribution in [-0.4, -0.2) is 24.7 Å². The molecule has 0 unspecified atom stereocenters. The zero-order valence-corrected chi connectivity index (χ0v) is 18.7. The summed E-state index contributed by atoms with van der Waals surface area (Å²) in [4.78, 5) is 38.8. The molecule has 4 rings (SSSR count). The first kappa shape index (κ1) is 21.8. The normalized spacial score (nSPS) is 11.5. The van der Waals surface area contributed by atoms with E-state index in [1.54, 1.807) is 30.3 Å². The van der Waals surface area contributed by atoms with Gasteiger partial charge in [0.25, 0.3) is 5.56 Å². The van der Waals surface area contributed by atoms with E-state index >= 15 is 0 Å². The summed E-state index contributed by atoms with van der Waals surface area (Å²) >= 11 is 6.13. The second-order valence-corrected chi connectivity index (χ2v) is 8.51. The molecule has 1 N–H and O–H groups in total. The van der Waals surface area contributed by atoms with Gasteiger partial charge in [-0.2, -0.15) is 0 Å². The fourth-order valence-electron chi connectivity index (χ4n) is 3.59. The monoisotopic (exact) mass is 453 g/mol. The van der Waals surface area contributed by atoms with Crippen molar-refractivity contribution >= 4 is 34.2 Å². The fourth-order valence-corrected chi connectivity index (χ4v) is 3.79. The predicted octanol–water partition coefficient (Wildman–Crippen LogP) is 2.83. The minimum atomic E-state index is -0.470. The number of nitrogens with one attached hydrogen (secondary N) is 1. The number of hydrogen-bond donors (Lipinski definition) is 1. The summed E-state index contributed by atoms with van der Waals surface area (Å²) in [5, 5.41) is 8.11. The third kappa shape index (κ3) is 4.18. The number of aromatic nitrogens is 4. The number of benzene rings is 2. The van der Waals surface area contributed by atoms with E-state index in [9.17, 15) is 14.4 Å². The molecule has 2 aromatic carbocycles. The summed E-state index contributed by atoms with van der Waals surface area (Å²) in [6, 6.07) is 14.1. The number of halogens is 1. The van der Waals surface area contributed by atoms with E-state index in [2.05, 4.69) is 24.3 Å².